The summed E-state index contributed by atoms with van der Waals surface area (Å²) in [5.41, 5.74) is 2.13. The van der Waals surface area contributed by atoms with Crippen LogP contribution in [0.5, 0.6) is 0 Å². The van der Waals surface area contributed by atoms with Crippen LogP contribution in [-0.2, 0) is 4.79 Å². The van der Waals surface area contributed by atoms with Crippen LogP contribution in [0.25, 0.3) is 20.8 Å². The number of fused-ring (bicyclic) bond motifs is 1. The van der Waals surface area contributed by atoms with Crippen molar-refractivity contribution in [2.45, 2.75) is 13.8 Å². The lowest BCUT2D eigenvalue weighted by Gasteiger charge is -2.20. The Morgan fingerprint density at radius 2 is 2.00 bits per heavy atom. The summed E-state index contributed by atoms with van der Waals surface area (Å²) in [6.07, 6.45) is 0. The van der Waals surface area contributed by atoms with Gasteiger partial charge in [0.1, 0.15) is 5.01 Å². The summed E-state index contributed by atoms with van der Waals surface area (Å²) in [6, 6.07) is 15.8. The van der Waals surface area contributed by atoms with Crippen molar-refractivity contribution in [1.82, 2.24) is 4.98 Å². The third kappa shape index (κ3) is 3.38. The van der Waals surface area contributed by atoms with Gasteiger partial charge < -0.3 is 5.32 Å². The number of nitrogens with zero attached hydrogens (tertiary/aromatic N) is 1. The number of amides is 1. The van der Waals surface area contributed by atoms with Gasteiger partial charge in [-0.2, -0.15) is 0 Å². The fourth-order valence-corrected chi connectivity index (χ4v) is 3.17. The van der Waals surface area contributed by atoms with Gasteiger partial charge in [0, 0.05) is 17.1 Å². The lowest BCUT2D eigenvalue weighted by Crippen LogP contribution is -2.32. The van der Waals surface area contributed by atoms with Crippen molar-refractivity contribution in [2.24, 2.45) is 5.41 Å². The third-order valence-electron chi connectivity index (χ3n) is 3.61. The van der Waals surface area contributed by atoms with E-state index >= 15 is 0 Å². The average molecular weight is 345 g/mol. The van der Waals surface area contributed by atoms with E-state index in [4.69, 9.17) is 11.6 Å². The van der Waals surface area contributed by atoms with Crippen LogP contribution in [-0.4, -0.2) is 16.8 Å². The van der Waals surface area contributed by atoms with Gasteiger partial charge in [-0.15, -0.1) is 22.9 Å². The van der Waals surface area contributed by atoms with Crippen molar-refractivity contribution in [3.63, 3.8) is 0 Å². The van der Waals surface area contributed by atoms with E-state index in [-0.39, 0.29) is 11.8 Å². The third-order valence-corrected chi connectivity index (χ3v) is 5.36. The molecule has 0 aliphatic heterocycles. The molecule has 0 unspecified atom stereocenters. The summed E-state index contributed by atoms with van der Waals surface area (Å²) >= 11 is 7.50. The summed E-state index contributed by atoms with van der Waals surface area (Å²) in [5, 5.41) is 3.87. The van der Waals surface area contributed by atoms with Gasteiger partial charge in [-0.1, -0.05) is 24.3 Å². The topological polar surface area (TPSA) is 42.0 Å². The number of carbonyl (C=O) groups excluding carboxylic acids is 1. The molecule has 0 atom stereocenters. The molecule has 1 amide bonds. The highest BCUT2D eigenvalue weighted by atomic mass is 35.5. The normalized spacial score (nSPS) is 11.6. The van der Waals surface area contributed by atoms with Gasteiger partial charge in [0.25, 0.3) is 0 Å². The van der Waals surface area contributed by atoms with Gasteiger partial charge >= 0.3 is 0 Å². The average Bonchev–Trinajstić information content (AvgIpc) is 2.99. The van der Waals surface area contributed by atoms with Crippen LogP contribution in [0.4, 0.5) is 5.69 Å². The first kappa shape index (κ1) is 16.0. The van der Waals surface area contributed by atoms with Gasteiger partial charge in [0.2, 0.25) is 5.91 Å². The fraction of sp³-hybridized carbons (Fsp3) is 0.222. The molecule has 0 aliphatic rings. The minimum Gasteiger partial charge on any atom is -0.326 e. The minimum absolute atomic E-state index is 0.0889. The number of hydrogen-bond acceptors (Lipinski definition) is 3. The van der Waals surface area contributed by atoms with Gasteiger partial charge in [0.15, 0.2) is 0 Å². The number of carbonyl (C=O) groups is 1. The van der Waals surface area contributed by atoms with Crippen molar-refractivity contribution >= 4 is 44.7 Å². The van der Waals surface area contributed by atoms with E-state index in [2.05, 4.69) is 16.4 Å². The predicted octanol–water partition coefficient (Wildman–Crippen LogP) is 5.17. The quantitative estimate of drug-likeness (QED) is 0.663. The van der Waals surface area contributed by atoms with Crippen LogP contribution in [0.1, 0.15) is 13.8 Å². The Hall–Kier alpha value is -1.91. The zero-order chi connectivity index (χ0) is 16.4. The van der Waals surface area contributed by atoms with Crippen LogP contribution in [0.2, 0.25) is 0 Å². The van der Waals surface area contributed by atoms with Gasteiger partial charge in [-0.25, -0.2) is 4.98 Å². The van der Waals surface area contributed by atoms with Crippen molar-refractivity contribution in [3.05, 3.63) is 48.5 Å². The van der Waals surface area contributed by atoms with E-state index in [1.807, 2.05) is 56.3 Å². The number of thiazole rings is 1. The number of halogens is 1. The van der Waals surface area contributed by atoms with Crippen LogP contribution in [0, 0.1) is 5.41 Å². The second kappa shape index (κ2) is 6.30. The van der Waals surface area contributed by atoms with E-state index in [9.17, 15) is 4.79 Å². The van der Waals surface area contributed by atoms with Crippen molar-refractivity contribution < 1.29 is 4.79 Å². The van der Waals surface area contributed by atoms with Crippen LogP contribution >= 0.6 is 22.9 Å². The first-order valence-electron chi connectivity index (χ1n) is 7.33. The largest absolute Gasteiger partial charge is 0.326 e. The first-order valence-corrected chi connectivity index (χ1v) is 8.68. The molecule has 0 bridgehead atoms. The second-order valence-corrected chi connectivity index (χ2v) is 7.34. The van der Waals surface area contributed by atoms with Gasteiger partial charge in [0.05, 0.1) is 15.6 Å². The molecule has 5 heteroatoms. The highest BCUT2D eigenvalue weighted by Gasteiger charge is 2.26. The van der Waals surface area contributed by atoms with Crippen molar-refractivity contribution in [3.8, 4) is 10.6 Å². The van der Waals surface area contributed by atoms with E-state index in [0.29, 0.717) is 0 Å². The lowest BCUT2D eigenvalue weighted by molar-refractivity contribution is -0.122. The number of anilines is 1. The van der Waals surface area contributed by atoms with E-state index in [1.165, 1.54) is 0 Å². The summed E-state index contributed by atoms with van der Waals surface area (Å²) in [5.74, 6) is 0.185. The Morgan fingerprint density at radius 1 is 1.22 bits per heavy atom. The number of rotatable bonds is 4. The van der Waals surface area contributed by atoms with Crippen molar-refractivity contribution in [1.29, 1.82) is 0 Å². The maximum absolute atomic E-state index is 12.2. The molecule has 3 rings (SSSR count). The lowest BCUT2D eigenvalue weighted by atomic mass is 9.95. The molecule has 23 heavy (non-hydrogen) atoms. The molecule has 2 aromatic carbocycles. The molecule has 0 radical (unpaired) electrons. The molecular weight excluding hydrogens is 328 g/mol. The zero-order valence-corrected chi connectivity index (χ0v) is 14.5. The van der Waals surface area contributed by atoms with Crippen LogP contribution in [0.3, 0.4) is 0 Å². The zero-order valence-electron chi connectivity index (χ0n) is 13.0. The molecule has 3 nitrogen and oxygen atoms in total. The molecule has 0 fully saturated rings. The summed E-state index contributed by atoms with van der Waals surface area (Å²) in [7, 11) is 0. The summed E-state index contributed by atoms with van der Waals surface area (Å²) < 4.78 is 1.15. The monoisotopic (exact) mass is 344 g/mol. The molecule has 1 N–H and O–H groups in total. The Kier molecular flexibility index (Phi) is 4.37. The molecule has 0 spiro atoms. The highest BCUT2D eigenvalue weighted by Crippen LogP contribution is 2.31. The maximum Gasteiger partial charge on any atom is 0.231 e. The molecule has 0 saturated carbocycles. The van der Waals surface area contributed by atoms with Crippen LogP contribution < -0.4 is 5.32 Å². The number of aromatic nitrogens is 1. The number of benzene rings is 2. The number of nitrogens with one attached hydrogen (secondary N) is 1. The van der Waals surface area contributed by atoms with Crippen LogP contribution in [0.15, 0.2) is 48.5 Å². The standard InChI is InChI=1S/C18H17ClN2OS/c1-18(2,11-19)17(22)20-13-7-5-6-12(10-13)16-21-14-8-3-4-9-15(14)23-16/h3-10H,11H2,1-2H3,(H,20,22). The number of para-hydroxylation sites is 1. The minimum atomic E-state index is -0.604. The Bertz CT molecular complexity index is 824. The molecule has 1 aromatic heterocycles. The maximum atomic E-state index is 12.2. The predicted molar refractivity (Wildman–Crippen MR) is 98.2 cm³/mol. The Labute approximate surface area is 144 Å². The molecule has 1 heterocycles. The summed E-state index contributed by atoms with van der Waals surface area (Å²) in [4.78, 5) is 16.9. The van der Waals surface area contributed by atoms with E-state index < -0.39 is 5.41 Å². The molecule has 0 aliphatic carbocycles. The second-order valence-electron chi connectivity index (χ2n) is 6.04. The van der Waals surface area contributed by atoms with Gasteiger partial charge in [-0.3, -0.25) is 4.79 Å². The van der Waals surface area contributed by atoms with E-state index in [0.717, 1.165) is 26.5 Å². The number of hydrogen-bond donors (Lipinski definition) is 1. The number of alkyl halides is 1. The SMILES string of the molecule is CC(C)(CCl)C(=O)Nc1cccc(-c2nc3ccccc3s2)c1. The molecule has 3 aromatic rings. The molecule has 118 valence electrons. The fourth-order valence-electron chi connectivity index (χ4n) is 2.09. The van der Waals surface area contributed by atoms with Gasteiger partial charge in [-0.05, 0) is 38.1 Å². The van der Waals surface area contributed by atoms with Crippen molar-refractivity contribution in [2.75, 3.05) is 11.2 Å². The smallest absolute Gasteiger partial charge is 0.231 e. The summed E-state index contributed by atoms with van der Waals surface area (Å²) in [6.45, 7) is 3.65. The molecular formula is C18H17ClN2OS. The Balaban J connectivity index is 1.89. The first-order chi connectivity index (χ1) is 11.0. The highest BCUT2D eigenvalue weighted by molar-refractivity contribution is 7.21. The van der Waals surface area contributed by atoms with E-state index in [1.54, 1.807) is 11.3 Å². The Morgan fingerprint density at radius 3 is 2.74 bits per heavy atom. The molecule has 0 saturated heterocycles.